The first-order valence-electron chi connectivity index (χ1n) is 3.60. The van der Waals surface area contributed by atoms with Crippen LogP contribution in [0.5, 0.6) is 0 Å². The third-order valence-electron chi connectivity index (χ3n) is 1.56. The van der Waals surface area contributed by atoms with Crippen molar-refractivity contribution in [2.75, 3.05) is 0 Å². The zero-order valence-corrected chi connectivity index (χ0v) is 7.67. The third kappa shape index (κ3) is 2.96. The number of nitrogens with two attached hydrogens (primary N) is 1. The van der Waals surface area contributed by atoms with E-state index in [1.165, 1.54) is 0 Å². The van der Waals surface area contributed by atoms with E-state index in [0.29, 0.717) is 5.56 Å². The van der Waals surface area contributed by atoms with Crippen molar-refractivity contribution in [3.8, 4) is 0 Å². The Hall–Kier alpha value is -1.20. The molecule has 4 nitrogen and oxygen atoms in total. The van der Waals surface area contributed by atoms with E-state index in [1.54, 1.807) is 24.3 Å². The number of hydrogen-bond donors (Lipinski definition) is 3. The summed E-state index contributed by atoms with van der Waals surface area (Å²) in [6.45, 7) is 0. The van der Waals surface area contributed by atoms with Gasteiger partial charge in [0.05, 0.1) is 5.75 Å². The van der Waals surface area contributed by atoms with Crippen LogP contribution in [0.4, 0.5) is 0 Å². The molecule has 0 radical (unpaired) electrons. The van der Waals surface area contributed by atoms with Crippen molar-refractivity contribution < 1.29 is 8.76 Å². The van der Waals surface area contributed by atoms with Gasteiger partial charge in [-0.25, -0.2) is 4.21 Å². The first kappa shape index (κ1) is 9.88. The fourth-order valence-electron chi connectivity index (χ4n) is 0.923. The maximum Gasteiger partial charge on any atom is 0.157 e. The number of amidine groups is 1. The molecular formula is C8H10N2O2S. The third-order valence-corrected chi connectivity index (χ3v) is 2.14. The van der Waals surface area contributed by atoms with Crippen molar-refractivity contribution in [1.82, 2.24) is 0 Å². The molecule has 0 fully saturated rings. The van der Waals surface area contributed by atoms with Crippen LogP contribution < -0.4 is 5.73 Å². The molecule has 0 aromatic heterocycles. The summed E-state index contributed by atoms with van der Waals surface area (Å²) in [7, 11) is 0. The van der Waals surface area contributed by atoms with Gasteiger partial charge in [-0.15, -0.1) is 0 Å². The SMILES string of the molecule is N=C(N)c1ccc(CS(=O)O)cc1. The summed E-state index contributed by atoms with van der Waals surface area (Å²) >= 11 is -1.82. The number of nitrogen functional groups attached to an aromatic ring is 1. The first-order chi connectivity index (χ1) is 6.09. The second-order valence-electron chi connectivity index (χ2n) is 2.58. The number of hydrogen-bond acceptors (Lipinski definition) is 2. The van der Waals surface area contributed by atoms with Gasteiger partial charge in [0, 0.05) is 5.56 Å². The van der Waals surface area contributed by atoms with E-state index < -0.39 is 11.1 Å². The number of nitrogens with one attached hydrogen (secondary N) is 1. The summed E-state index contributed by atoms with van der Waals surface area (Å²) in [4.78, 5) is 0. The van der Waals surface area contributed by atoms with Gasteiger partial charge in [-0.05, 0) is 5.56 Å². The van der Waals surface area contributed by atoms with Gasteiger partial charge in [0.1, 0.15) is 5.84 Å². The van der Waals surface area contributed by atoms with Crippen LogP contribution in [0.3, 0.4) is 0 Å². The zero-order valence-electron chi connectivity index (χ0n) is 6.86. The minimum atomic E-state index is -1.82. The molecule has 70 valence electrons. The lowest BCUT2D eigenvalue weighted by atomic mass is 10.1. The van der Waals surface area contributed by atoms with E-state index >= 15 is 0 Å². The Morgan fingerprint density at radius 3 is 2.38 bits per heavy atom. The van der Waals surface area contributed by atoms with E-state index in [0.717, 1.165) is 5.56 Å². The molecule has 1 atom stereocenters. The van der Waals surface area contributed by atoms with Crippen LogP contribution in [-0.4, -0.2) is 14.6 Å². The van der Waals surface area contributed by atoms with Crippen molar-refractivity contribution in [1.29, 1.82) is 5.41 Å². The largest absolute Gasteiger partial charge is 0.384 e. The molecule has 0 heterocycles. The molecule has 4 N–H and O–H groups in total. The Balaban J connectivity index is 2.81. The maximum absolute atomic E-state index is 10.4. The van der Waals surface area contributed by atoms with Crippen LogP contribution in [0.2, 0.25) is 0 Å². The van der Waals surface area contributed by atoms with Crippen molar-refractivity contribution >= 4 is 16.9 Å². The fourth-order valence-corrected chi connectivity index (χ4v) is 1.40. The normalized spacial score (nSPS) is 12.4. The van der Waals surface area contributed by atoms with Crippen molar-refractivity contribution in [3.05, 3.63) is 35.4 Å². The van der Waals surface area contributed by atoms with Crippen molar-refractivity contribution in [2.24, 2.45) is 5.73 Å². The molecule has 1 rings (SSSR count). The average molecular weight is 198 g/mol. The Labute approximate surface area is 78.6 Å². The van der Waals surface area contributed by atoms with E-state index in [2.05, 4.69) is 0 Å². The maximum atomic E-state index is 10.4. The molecular weight excluding hydrogens is 188 g/mol. The fraction of sp³-hybridized carbons (Fsp3) is 0.125. The predicted molar refractivity (Wildman–Crippen MR) is 51.9 cm³/mol. The highest BCUT2D eigenvalue weighted by Crippen LogP contribution is 2.05. The van der Waals surface area contributed by atoms with Gasteiger partial charge in [-0.1, -0.05) is 24.3 Å². The summed E-state index contributed by atoms with van der Waals surface area (Å²) in [6.07, 6.45) is 0. The topological polar surface area (TPSA) is 87.2 Å². The van der Waals surface area contributed by atoms with Crippen LogP contribution in [-0.2, 0) is 16.8 Å². The predicted octanol–water partition coefficient (Wildman–Crippen LogP) is 0.692. The summed E-state index contributed by atoms with van der Waals surface area (Å²) < 4.78 is 19.0. The molecule has 0 saturated heterocycles. The van der Waals surface area contributed by atoms with E-state index in [1.807, 2.05) is 0 Å². The quantitative estimate of drug-likeness (QED) is 0.379. The van der Waals surface area contributed by atoms with Gasteiger partial charge in [-0.3, -0.25) is 5.41 Å². The van der Waals surface area contributed by atoms with Crippen LogP contribution in [0.15, 0.2) is 24.3 Å². The number of rotatable bonds is 3. The highest BCUT2D eigenvalue weighted by atomic mass is 32.2. The second-order valence-corrected chi connectivity index (χ2v) is 3.51. The van der Waals surface area contributed by atoms with E-state index in [9.17, 15) is 4.21 Å². The van der Waals surface area contributed by atoms with E-state index in [4.69, 9.17) is 15.7 Å². The van der Waals surface area contributed by atoms with Crippen molar-refractivity contribution in [3.63, 3.8) is 0 Å². The van der Waals surface area contributed by atoms with Gasteiger partial charge in [0.2, 0.25) is 0 Å². The molecule has 1 unspecified atom stereocenters. The van der Waals surface area contributed by atoms with Crippen LogP contribution in [0.25, 0.3) is 0 Å². The Bertz CT molecular complexity index is 335. The minimum absolute atomic E-state index is 0.00308. The lowest BCUT2D eigenvalue weighted by Gasteiger charge is -1.99. The molecule has 0 aliphatic heterocycles. The molecule has 0 saturated carbocycles. The molecule has 0 aliphatic rings. The highest BCUT2D eigenvalue weighted by molar-refractivity contribution is 7.78. The zero-order chi connectivity index (χ0) is 9.84. The molecule has 0 spiro atoms. The van der Waals surface area contributed by atoms with Crippen LogP contribution >= 0.6 is 0 Å². The summed E-state index contributed by atoms with van der Waals surface area (Å²) in [5, 5.41) is 7.12. The lowest BCUT2D eigenvalue weighted by molar-refractivity contribution is 0.563. The Morgan fingerprint density at radius 2 is 2.00 bits per heavy atom. The second kappa shape index (κ2) is 4.15. The number of benzene rings is 1. The Morgan fingerprint density at radius 1 is 1.46 bits per heavy atom. The molecule has 1 aromatic rings. The molecule has 0 bridgehead atoms. The summed E-state index contributed by atoms with van der Waals surface area (Å²) in [6, 6.07) is 6.69. The van der Waals surface area contributed by atoms with Gasteiger partial charge >= 0.3 is 0 Å². The Kier molecular flexibility index (Phi) is 3.16. The molecule has 0 aliphatic carbocycles. The van der Waals surface area contributed by atoms with Crippen LogP contribution in [0, 0.1) is 5.41 Å². The standard InChI is InChI=1S/C8H10N2O2S/c9-8(10)7-3-1-6(2-4-7)5-13(11)12/h1-4H,5H2,(H3,9,10)(H,11,12). The summed E-state index contributed by atoms with van der Waals surface area (Å²) in [5.74, 6) is 0.106. The minimum Gasteiger partial charge on any atom is -0.384 e. The average Bonchev–Trinajstić information content (AvgIpc) is 2.04. The highest BCUT2D eigenvalue weighted by Gasteiger charge is 1.99. The monoisotopic (exact) mass is 198 g/mol. The molecule has 1 aromatic carbocycles. The van der Waals surface area contributed by atoms with Gasteiger partial charge in [0.25, 0.3) is 0 Å². The molecule has 0 amide bonds. The molecule has 13 heavy (non-hydrogen) atoms. The smallest absolute Gasteiger partial charge is 0.157 e. The molecule has 5 heteroatoms. The lowest BCUT2D eigenvalue weighted by Crippen LogP contribution is -2.10. The van der Waals surface area contributed by atoms with Gasteiger partial charge in [0.15, 0.2) is 11.1 Å². The van der Waals surface area contributed by atoms with Crippen LogP contribution in [0.1, 0.15) is 11.1 Å². The van der Waals surface area contributed by atoms with E-state index in [-0.39, 0.29) is 11.6 Å². The van der Waals surface area contributed by atoms with Crippen molar-refractivity contribution in [2.45, 2.75) is 5.75 Å². The first-order valence-corrected chi connectivity index (χ1v) is 4.88. The summed E-state index contributed by atoms with van der Waals surface area (Å²) in [5.41, 5.74) is 6.61. The van der Waals surface area contributed by atoms with Gasteiger partial charge in [-0.2, -0.15) is 0 Å². The van der Waals surface area contributed by atoms with Gasteiger partial charge < -0.3 is 10.3 Å².